The van der Waals surface area contributed by atoms with Crippen molar-refractivity contribution in [1.29, 1.82) is 0 Å². The molecule has 0 heterocycles. The van der Waals surface area contributed by atoms with Gasteiger partial charge >= 0.3 is 6.09 Å². The van der Waals surface area contributed by atoms with Gasteiger partial charge in [-0.3, -0.25) is 0 Å². The summed E-state index contributed by atoms with van der Waals surface area (Å²) in [5.41, 5.74) is 5.73. The lowest BCUT2D eigenvalue weighted by Gasteiger charge is -2.33. The molecule has 70 valence electrons. The van der Waals surface area contributed by atoms with Gasteiger partial charge in [0.1, 0.15) is 0 Å². The zero-order valence-electron chi connectivity index (χ0n) is 6.94. The van der Waals surface area contributed by atoms with Crippen LogP contribution in [0.4, 0.5) is 4.79 Å². The van der Waals surface area contributed by atoms with E-state index in [1.165, 1.54) is 0 Å². The van der Waals surface area contributed by atoms with E-state index in [1.807, 2.05) is 0 Å². The normalized spacial score (nSPS) is 29.8. The van der Waals surface area contributed by atoms with E-state index in [0.717, 1.165) is 30.7 Å². The molecule has 0 unspecified atom stereocenters. The molecule has 5 heteroatoms. The van der Waals surface area contributed by atoms with Crippen molar-refractivity contribution in [2.45, 2.75) is 37.8 Å². The molecule has 0 spiro atoms. The Balaban J connectivity index is 2.53. The minimum absolute atomic E-state index is 0.0974. The van der Waals surface area contributed by atoms with Gasteiger partial charge in [-0.2, -0.15) is 0 Å². The van der Waals surface area contributed by atoms with Gasteiger partial charge in [-0.25, -0.2) is 15.6 Å². The molecule has 0 aliphatic heterocycles. The smallest absolute Gasteiger partial charge is 0.421 e. The molecule has 5 nitrogen and oxygen atoms in total. The minimum atomic E-state index is -1.10. The van der Waals surface area contributed by atoms with E-state index < -0.39 is 6.09 Å². The highest BCUT2D eigenvalue weighted by molar-refractivity contribution is 5.64. The van der Waals surface area contributed by atoms with Gasteiger partial charge in [-0.1, -0.05) is 12.8 Å². The second kappa shape index (κ2) is 3.73. The molecule has 0 saturated heterocycles. The summed E-state index contributed by atoms with van der Waals surface area (Å²) < 4.78 is 0. The summed E-state index contributed by atoms with van der Waals surface area (Å²) in [6, 6.07) is -0.295. The van der Waals surface area contributed by atoms with Gasteiger partial charge in [0.25, 0.3) is 0 Å². The van der Waals surface area contributed by atoms with Crippen molar-refractivity contribution in [1.82, 2.24) is 5.01 Å². The minimum Gasteiger partial charge on any atom is -0.464 e. The van der Waals surface area contributed by atoms with E-state index in [0.29, 0.717) is 0 Å². The van der Waals surface area contributed by atoms with E-state index in [4.69, 9.17) is 16.7 Å². The van der Waals surface area contributed by atoms with Crippen LogP contribution in [-0.4, -0.2) is 28.3 Å². The lowest BCUT2D eigenvalue weighted by atomic mass is 9.91. The quantitative estimate of drug-likeness (QED) is 0.298. The Morgan fingerprint density at radius 3 is 2.50 bits per heavy atom. The first-order valence-electron chi connectivity index (χ1n) is 4.15. The average Bonchev–Trinajstić information content (AvgIpc) is 2.04. The molecular weight excluding hydrogens is 158 g/mol. The van der Waals surface area contributed by atoms with Gasteiger partial charge < -0.3 is 10.8 Å². The van der Waals surface area contributed by atoms with Crippen LogP contribution >= 0.6 is 0 Å². The third kappa shape index (κ3) is 1.86. The SMILES string of the molecule is N[C@@H]1CCCC[C@@H]1N(N)C(=O)O. The maximum atomic E-state index is 10.5. The Hall–Kier alpha value is -0.810. The highest BCUT2D eigenvalue weighted by Crippen LogP contribution is 2.19. The Morgan fingerprint density at radius 1 is 1.42 bits per heavy atom. The van der Waals surface area contributed by atoms with Gasteiger partial charge in [0, 0.05) is 6.04 Å². The van der Waals surface area contributed by atoms with Crippen molar-refractivity contribution in [3.8, 4) is 0 Å². The molecule has 0 radical (unpaired) electrons. The Kier molecular flexibility index (Phi) is 2.88. The topological polar surface area (TPSA) is 92.6 Å². The van der Waals surface area contributed by atoms with Crippen LogP contribution in [0.25, 0.3) is 0 Å². The van der Waals surface area contributed by atoms with Crippen molar-refractivity contribution < 1.29 is 9.90 Å². The van der Waals surface area contributed by atoms with Crippen LogP contribution in [0.15, 0.2) is 0 Å². The van der Waals surface area contributed by atoms with Crippen LogP contribution < -0.4 is 11.6 Å². The summed E-state index contributed by atoms with van der Waals surface area (Å²) in [7, 11) is 0. The predicted octanol–water partition coefficient (Wildman–Crippen LogP) is 0.110. The molecule has 0 bridgehead atoms. The first kappa shape index (κ1) is 9.28. The first-order valence-corrected chi connectivity index (χ1v) is 4.15. The van der Waals surface area contributed by atoms with Crippen LogP contribution in [0.1, 0.15) is 25.7 Å². The lowest BCUT2D eigenvalue weighted by Crippen LogP contribution is -2.54. The molecule has 1 amide bonds. The predicted molar refractivity (Wildman–Crippen MR) is 44.3 cm³/mol. The Bertz CT molecular complexity index is 174. The van der Waals surface area contributed by atoms with Crippen LogP contribution in [0.5, 0.6) is 0 Å². The molecular formula is C7H15N3O2. The molecule has 1 aliphatic rings. The number of carbonyl (C=O) groups is 1. The first-order chi connectivity index (χ1) is 5.63. The standard InChI is InChI=1S/C7H15N3O2/c8-5-3-1-2-4-6(5)10(9)7(11)12/h5-6H,1-4,8-9H2,(H,11,12)/t5-,6+/m1/s1. The molecule has 0 aromatic heterocycles. The van der Waals surface area contributed by atoms with Crippen LogP contribution in [0, 0.1) is 0 Å². The number of amides is 1. The van der Waals surface area contributed by atoms with E-state index in [2.05, 4.69) is 0 Å². The van der Waals surface area contributed by atoms with Crippen LogP contribution in [0.2, 0.25) is 0 Å². The van der Waals surface area contributed by atoms with Gasteiger partial charge in [0.2, 0.25) is 0 Å². The second-order valence-electron chi connectivity index (χ2n) is 3.21. The molecule has 0 aromatic rings. The summed E-state index contributed by atoms with van der Waals surface area (Å²) in [6.07, 6.45) is 2.64. The fraction of sp³-hybridized carbons (Fsp3) is 0.857. The molecule has 1 aliphatic carbocycles. The zero-order valence-corrected chi connectivity index (χ0v) is 6.94. The molecule has 5 N–H and O–H groups in total. The molecule has 2 atom stereocenters. The lowest BCUT2D eigenvalue weighted by molar-refractivity contribution is 0.103. The zero-order chi connectivity index (χ0) is 9.14. The van der Waals surface area contributed by atoms with E-state index >= 15 is 0 Å². The number of nitrogens with zero attached hydrogens (tertiary/aromatic N) is 1. The van der Waals surface area contributed by atoms with Gasteiger partial charge in [-0.05, 0) is 12.8 Å². The van der Waals surface area contributed by atoms with Crippen molar-refractivity contribution in [2.75, 3.05) is 0 Å². The van der Waals surface area contributed by atoms with Gasteiger partial charge in [-0.15, -0.1) is 0 Å². The second-order valence-corrected chi connectivity index (χ2v) is 3.21. The van der Waals surface area contributed by atoms with E-state index in [-0.39, 0.29) is 12.1 Å². The number of rotatable bonds is 1. The Labute approximate surface area is 71.3 Å². The molecule has 1 rings (SSSR count). The van der Waals surface area contributed by atoms with Crippen molar-refractivity contribution in [3.05, 3.63) is 0 Å². The van der Waals surface area contributed by atoms with E-state index in [1.54, 1.807) is 0 Å². The van der Waals surface area contributed by atoms with Crippen molar-refractivity contribution >= 4 is 6.09 Å². The summed E-state index contributed by atoms with van der Waals surface area (Å²) in [5.74, 6) is 5.34. The average molecular weight is 173 g/mol. The van der Waals surface area contributed by atoms with Gasteiger partial charge in [0.15, 0.2) is 0 Å². The number of nitrogens with two attached hydrogens (primary N) is 2. The number of hydrazine groups is 1. The third-order valence-corrected chi connectivity index (χ3v) is 2.36. The molecule has 0 aromatic carbocycles. The number of carboxylic acid groups (broad SMARTS) is 1. The number of hydrogen-bond acceptors (Lipinski definition) is 3. The summed E-state index contributed by atoms with van der Waals surface area (Å²) in [6.45, 7) is 0. The monoisotopic (exact) mass is 173 g/mol. The maximum absolute atomic E-state index is 10.5. The summed E-state index contributed by atoms with van der Waals surface area (Å²) in [5, 5.41) is 9.43. The van der Waals surface area contributed by atoms with Crippen molar-refractivity contribution in [2.24, 2.45) is 11.6 Å². The largest absolute Gasteiger partial charge is 0.464 e. The van der Waals surface area contributed by atoms with Gasteiger partial charge in [0.05, 0.1) is 6.04 Å². The number of hydrogen-bond donors (Lipinski definition) is 3. The molecule has 1 fully saturated rings. The van der Waals surface area contributed by atoms with Crippen LogP contribution in [-0.2, 0) is 0 Å². The maximum Gasteiger partial charge on any atom is 0.421 e. The molecule has 12 heavy (non-hydrogen) atoms. The summed E-state index contributed by atoms with van der Waals surface area (Å²) in [4.78, 5) is 10.5. The fourth-order valence-electron chi connectivity index (χ4n) is 1.63. The van der Waals surface area contributed by atoms with E-state index in [9.17, 15) is 4.79 Å². The summed E-state index contributed by atoms with van der Waals surface area (Å²) >= 11 is 0. The van der Waals surface area contributed by atoms with Crippen molar-refractivity contribution in [3.63, 3.8) is 0 Å². The van der Waals surface area contributed by atoms with Crippen LogP contribution in [0.3, 0.4) is 0 Å². The third-order valence-electron chi connectivity index (χ3n) is 2.36. The highest BCUT2D eigenvalue weighted by Gasteiger charge is 2.28. The fourth-order valence-corrected chi connectivity index (χ4v) is 1.63. The molecule has 1 saturated carbocycles. The highest BCUT2D eigenvalue weighted by atomic mass is 16.4. The Morgan fingerprint density at radius 2 is 2.00 bits per heavy atom.